The molecule has 26 heavy (non-hydrogen) atoms. The molecule has 3 aromatic rings. The van der Waals surface area contributed by atoms with Gasteiger partial charge in [0, 0.05) is 0 Å². The van der Waals surface area contributed by atoms with Crippen molar-refractivity contribution < 1.29 is 9.47 Å². The van der Waals surface area contributed by atoms with E-state index in [1.807, 2.05) is 43.3 Å². The Morgan fingerprint density at radius 3 is 2.77 bits per heavy atom. The molecule has 3 rings (SSSR count). The van der Waals surface area contributed by atoms with E-state index in [2.05, 4.69) is 15.3 Å². The average molecular weight is 389 g/mol. The van der Waals surface area contributed by atoms with Crippen LogP contribution in [0.15, 0.2) is 53.6 Å². The molecule has 0 bridgehead atoms. The second kappa shape index (κ2) is 8.64. The van der Waals surface area contributed by atoms with Crippen molar-refractivity contribution in [1.82, 2.24) is 14.9 Å². The number of aromatic amines is 1. The Morgan fingerprint density at radius 1 is 1.23 bits per heavy atom. The molecule has 0 aliphatic carbocycles. The molecule has 0 aliphatic heterocycles. The standard InChI is InChI=1S/C18H17ClN4O2S/c1-2-24-16-9-8-13(10-15(16)19)11-20-23-17(21-22-18(23)26)12-25-14-6-4-3-5-7-14/h3-11H,2,12H2,1H3,(H,22,26)/b20-11-. The smallest absolute Gasteiger partial charge is 0.216 e. The van der Waals surface area contributed by atoms with Crippen LogP contribution in [0.5, 0.6) is 11.5 Å². The summed E-state index contributed by atoms with van der Waals surface area (Å²) >= 11 is 11.4. The summed E-state index contributed by atoms with van der Waals surface area (Å²) in [5.74, 6) is 1.95. The van der Waals surface area contributed by atoms with Crippen LogP contribution in [-0.2, 0) is 6.61 Å². The average Bonchev–Trinajstić information content (AvgIpc) is 3.01. The van der Waals surface area contributed by atoms with E-state index in [0.29, 0.717) is 28.0 Å². The quantitative estimate of drug-likeness (QED) is 0.479. The van der Waals surface area contributed by atoms with Crippen molar-refractivity contribution in [2.75, 3.05) is 6.61 Å². The first-order valence-electron chi connectivity index (χ1n) is 7.98. The third kappa shape index (κ3) is 4.50. The molecule has 0 fully saturated rings. The van der Waals surface area contributed by atoms with E-state index in [1.54, 1.807) is 18.3 Å². The zero-order valence-electron chi connectivity index (χ0n) is 14.1. The molecule has 1 aromatic heterocycles. The molecule has 0 aliphatic rings. The maximum atomic E-state index is 6.20. The molecule has 1 N–H and O–H groups in total. The van der Waals surface area contributed by atoms with Crippen LogP contribution in [0.2, 0.25) is 5.02 Å². The fraction of sp³-hybridized carbons (Fsp3) is 0.167. The van der Waals surface area contributed by atoms with Gasteiger partial charge >= 0.3 is 0 Å². The van der Waals surface area contributed by atoms with Crippen molar-refractivity contribution in [3.8, 4) is 11.5 Å². The molecule has 1 heterocycles. The van der Waals surface area contributed by atoms with E-state index in [-0.39, 0.29) is 6.61 Å². The van der Waals surface area contributed by atoms with Crippen LogP contribution in [0.4, 0.5) is 0 Å². The number of H-pyrrole nitrogens is 1. The van der Waals surface area contributed by atoms with Crippen molar-refractivity contribution in [1.29, 1.82) is 0 Å². The second-order valence-electron chi connectivity index (χ2n) is 5.23. The topological polar surface area (TPSA) is 64.4 Å². The highest BCUT2D eigenvalue weighted by atomic mass is 35.5. The molecule has 8 heteroatoms. The van der Waals surface area contributed by atoms with Gasteiger partial charge in [-0.1, -0.05) is 29.8 Å². The van der Waals surface area contributed by atoms with Gasteiger partial charge in [0.2, 0.25) is 4.77 Å². The largest absolute Gasteiger partial charge is 0.492 e. The number of nitrogens with one attached hydrogen (secondary N) is 1. The molecule has 2 aromatic carbocycles. The summed E-state index contributed by atoms with van der Waals surface area (Å²) in [4.78, 5) is 0. The number of halogens is 1. The van der Waals surface area contributed by atoms with Crippen LogP contribution >= 0.6 is 23.8 Å². The van der Waals surface area contributed by atoms with Gasteiger partial charge in [-0.2, -0.15) is 14.9 Å². The van der Waals surface area contributed by atoms with Crippen LogP contribution in [0.1, 0.15) is 18.3 Å². The zero-order chi connectivity index (χ0) is 18.4. The number of ether oxygens (including phenoxy) is 2. The molecule has 0 saturated heterocycles. The SMILES string of the molecule is CCOc1ccc(/C=N\n2c(COc3ccccc3)n[nH]c2=S)cc1Cl. The summed E-state index contributed by atoms with van der Waals surface area (Å²) in [7, 11) is 0. The predicted molar refractivity (Wildman–Crippen MR) is 104 cm³/mol. The Balaban J connectivity index is 1.75. The highest BCUT2D eigenvalue weighted by Gasteiger charge is 2.06. The summed E-state index contributed by atoms with van der Waals surface area (Å²) < 4.78 is 13.0. The number of nitrogens with zero attached hydrogens (tertiary/aromatic N) is 3. The lowest BCUT2D eigenvalue weighted by molar-refractivity contribution is 0.290. The van der Waals surface area contributed by atoms with E-state index < -0.39 is 0 Å². The minimum Gasteiger partial charge on any atom is -0.492 e. The van der Waals surface area contributed by atoms with E-state index in [1.165, 1.54) is 4.68 Å². The Morgan fingerprint density at radius 2 is 2.04 bits per heavy atom. The summed E-state index contributed by atoms with van der Waals surface area (Å²) in [6, 6.07) is 14.9. The Hall–Kier alpha value is -2.64. The number of aromatic nitrogens is 3. The molecule has 0 unspecified atom stereocenters. The number of rotatable bonds is 7. The van der Waals surface area contributed by atoms with E-state index in [9.17, 15) is 0 Å². The van der Waals surface area contributed by atoms with Crippen LogP contribution < -0.4 is 9.47 Å². The van der Waals surface area contributed by atoms with Crippen molar-refractivity contribution >= 4 is 30.0 Å². The van der Waals surface area contributed by atoms with E-state index in [0.717, 1.165) is 11.3 Å². The normalized spacial score (nSPS) is 11.0. The third-order valence-electron chi connectivity index (χ3n) is 3.41. The molecule has 0 atom stereocenters. The fourth-order valence-electron chi connectivity index (χ4n) is 2.20. The highest BCUT2D eigenvalue weighted by molar-refractivity contribution is 7.71. The molecule has 0 spiro atoms. The lowest BCUT2D eigenvalue weighted by Crippen LogP contribution is -2.04. The van der Waals surface area contributed by atoms with Gasteiger partial charge in [-0.05, 0) is 55.0 Å². The monoisotopic (exact) mass is 388 g/mol. The van der Waals surface area contributed by atoms with Crippen molar-refractivity contribution in [3.05, 3.63) is 69.7 Å². The Bertz CT molecular complexity index is 953. The minimum atomic E-state index is 0.235. The summed E-state index contributed by atoms with van der Waals surface area (Å²) in [6.07, 6.45) is 1.65. The number of benzene rings is 2. The highest BCUT2D eigenvalue weighted by Crippen LogP contribution is 2.24. The van der Waals surface area contributed by atoms with Gasteiger partial charge in [0.1, 0.15) is 18.1 Å². The van der Waals surface area contributed by atoms with Gasteiger partial charge in [0.05, 0.1) is 17.8 Å². The lowest BCUT2D eigenvalue weighted by Gasteiger charge is -2.06. The molecular formula is C18H17ClN4O2S. The summed E-state index contributed by atoms with van der Waals surface area (Å²) in [5.41, 5.74) is 0.816. The molecular weight excluding hydrogens is 372 g/mol. The minimum absolute atomic E-state index is 0.235. The maximum Gasteiger partial charge on any atom is 0.216 e. The lowest BCUT2D eigenvalue weighted by atomic mass is 10.2. The van der Waals surface area contributed by atoms with Crippen molar-refractivity contribution in [2.24, 2.45) is 5.10 Å². The van der Waals surface area contributed by atoms with Gasteiger partial charge in [-0.25, -0.2) is 5.10 Å². The zero-order valence-corrected chi connectivity index (χ0v) is 15.6. The van der Waals surface area contributed by atoms with Gasteiger partial charge < -0.3 is 9.47 Å². The predicted octanol–water partition coefficient (Wildman–Crippen LogP) is 4.45. The summed E-state index contributed by atoms with van der Waals surface area (Å²) in [5, 5.41) is 11.8. The van der Waals surface area contributed by atoms with E-state index in [4.69, 9.17) is 33.3 Å². The van der Waals surface area contributed by atoms with Crippen LogP contribution in [-0.4, -0.2) is 27.7 Å². The first-order chi connectivity index (χ1) is 12.7. The molecule has 134 valence electrons. The maximum absolute atomic E-state index is 6.20. The molecule has 0 saturated carbocycles. The van der Waals surface area contributed by atoms with Gasteiger partial charge in [0.15, 0.2) is 5.82 Å². The van der Waals surface area contributed by atoms with Crippen LogP contribution in [0.25, 0.3) is 0 Å². The number of hydrogen-bond donors (Lipinski definition) is 1. The number of para-hydroxylation sites is 1. The van der Waals surface area contributed by atoms with Gasteiger partial charge in [-0.15, -0.1) is 0 Å². The van der Waals surface area contributed by atoms with E-state index >= 15 is 0 Å². The fourth-order valence-corrected chi connectivity index (χ4v) is 2.64. The molecule has 6 nitrogen and oxygen atoms in total. The number of hydrogen-bond acceptors (Lipinski definition) is 5. The molecule has 0 radical (unpaired) electrons. The summed E-state index contributed by atoms with van der Waals surface area (Å²) in [6.45, 7) is 2.70. The third-order valence-corrected chi connectivity index (χ3v) is 3.97. The van der Waals surface area contributed by atoms with Gasteiger partial charge in [-0.3, -0.25) is 0 Å². The van der Waals surface area contributed by atoms with Crippen molar-refractivity contribution in [2.45, 2.75) is 13.5 Å². The second-order valence-corrected chi connectivity index (χ2v) is 6.02. The van der Waals surface area contributed by atoms with Crippen LogP contribution in [0, 0.1) is 4.77 Å². The van der Waals surface area contributed by atoms with Crippen LogP contribution in [0.3, 0.4) is 0 Å². The first kappa shape index (κ1) is 18.2. The first-order valence-corrected chi connectivity index (χ1v) is 8.77. The van der Waals surface area contributed by atoms with Gasteiger partial charge in [0.25, 0.3) is 0 Å². The Labute approximate surface area is 161 Å². The van der Waals surface area contributed by atoms with Crippen molar-refractivity contribution in [3.63, 3.8) is 0 Å². The Kier molecular flexibility index (Phi) is 6.04. The molecule has 0 amide bonds.